The van der Waals surface area contributed by atoms with E-state index >= 15 is 0 Å². The van der Waals surface area contributed by atoms with Crippen LogP contribution in [-0.2, 0) is 9.59 Å². The third-order valence-corrected chi connectivity index (χ3v) is 3.66. The largest absolute Gasteiger partial charge is 0.478 e. The van der Waals surface area contributed by atoms with Crippen LogP contribution in [0.5, 0.6) is 0 Å². The van der Waals surface area contributed by atoms with E-state index in [-0.39, 0.29) is 0 Å². The third kappa shape index (κ3) is 4.63. The lowest BCUT2D eigenvalue weighted by molar-refractivity contribution is -0.131. The Morgan fingerprint density at radius 3 is 2.38 bits per heavy atom. The fourth-order valence-corrected chi connectivity index (χ4v) is 2.35. The summed E-state index contributed by atoms with van der Waals surface area (Å²) in [6, 6.07) is 7.62. The van der Waals surface area contributed by atoms with Crippen molar-refractivity contribution in [2.75, 3.05) is 23.3 Å². The second kappa shape index (κ2) is 6.92. The molecule has 0 aliphatic carbocycles. The van der Waals surface area contributed by atoms with Crippen molar-refractivity contribution in [1.82, 2.24) is 0 Å². The highest BCUT2D eigenvalue weighted by molar-refractivity contribution is 6.02. The fraction of sp³-hybridized carbons (Fsp3) is 0.375. The predicted molar refractivity (Wildman–Crippen MR) is 82.5 cm³/mol. The number of anilines is 2. The molecule has 0 radical (unpaired) electrons. The van der Waals surface area contributed by atoms with Gasteiger partial charge >= 0.3 is 5.97 Å². The number of benzene rings is 1. The van der Waals surface area contributed by atoms with E-state index in [0.717, 1.165) is 36.8 Å². The van der Waals surface area contributed by atoms with Gasteiger partial charge in [-0.05, 0) is 43.0 Å². The summed E-state index contributed by atoms with van der Waals surface area (Å²) in [5.74, 6) is -0.794. The molecule has 0 saturated carbocycles. The van der Waals surface area contributed by atoms with Crippen LogP contribution in [0.1, 0.15) is 19.8 Å². The first-order chi connectivity index (χ1) is 10.0. The molecule has 1 fully saturated rings. The SMILES string of the molecule is CC1CCN(c2ccc(NC(=O)/C=C\C(=O)O)cc2)CC1. The summed E-state index contributed by atoms with van der Waals surface area (Å²) in [5, 5.41) is 11.1. The van der Waals surface area contributed by atoms with Crippen molar-refractivity contribution in [3.05, 3.63) is 36.4 Å². The Kier molecular flexibility index (Phi) is 4.98. The second-order valence-electron chi connectivity index (χ2n) is 5.38. The average molecular weight is 288 g/mol. The van der Waals surface area contributed by atoms with Crippen LogP contribution in [0.15, 0.2) is 36.4 Å². The molecule has 5 nitrogen and oxygen atoms in total. The molecule has 1 aromatic rings. The highest BCUT2D eigenvalue weighted by Crippen LogP contribution is 2.24. The molecule has 0 aromatic heterocycles. The molecular weight excluding hydrogens is 268 g/mol. The highest BCUT2D eigenvalue weighted by atomic mass is 16.4. The lowest BCUT2D eigenvalue weighted by Crippen LogP contribution is -2.32. The number of hydrogen-bond donors (Lipinski definition) is 2. The molecule has 1 aliphatic heterocycles. The Labute approximate surface area is 124 Å². The molecule has 5 heteroatoms. The van der Waals surface area contributed by atoms with Gasteiger partial charge in [0, 0.05) is 36.6 Å². The smallest absolute Gasteiger partial charge is 0.328 e. The lowest BCUT2D eigenvalue weighted by Gasteiger charge is -2.32. The standard InChI is InChI=1S/C16H20N2O3/c1-12-8-10-18(11-9-12)14-4-2-13(3-5-14)17-15(19)6-7-16(20)21/h2-7,12H,8-11H2,1H3,(H,17,19)(H,20,21)/b7-6-. The summed E-state index contributed by atoms with van der Waals surface area (Å²) < 4.78 is 0. The maximum Gasteiger partial charge on any atom is 0.328 e. The van der Waals surface area contributed by atoms with E-state index in [4.69, 9.17) is 5.11 Å². The van der Waals surface area contributed by atoms with Crippen molar-refractivity contribution in [1.29, 1.82) is 0 Å². The van der Waals surface area contributed by atoms with Gasteiger partial charge in [0.25, 0.3) is 0 Å². The van der Waals surface area contributed by atoms with Gasteiger partial charge < -0.3 is 15.3 Å². The van der Waals surface area contributed by atoms with Gasteiger partial charge in [-0.3, -0.25) is 4.79 Å². The maximum atomic E-state index is 11.5. The molecule has 1 amide bonds. The van der Waals surface area contributed by atoms with Gasteiger partial charge in [0.15, 0.2) is 0 Å². The van der Waals surface area contributed by atoms with Gasteiger partial charge in [0.05, 0.1) is 0 Å². The zero-order valence-electron chi connectivity index (χ0n) is 12.1. The van der Waals surface area contributed by atoms with Crippen LogP contribution in [0, 0.1) is 5.92 Å². The van der Waals surface area contributed by atoms with Crippen LogP contribution in [0.3, 0.4) is 0 Å². The molecular formula is C16H20N2O3. The minimum Gasteiger partial charge on any atom is -0.478 e. The third-order valence-electron chi connectivity index (χ3n) is 3.66. The molecule has 0 spiro atoms. The van der Waals surface area contributed by atoms with E-state index in [9.17, 15) is 9.59 Å². The molecule has 0 unspecified atom stereocenters. The molecule has 1 aliphatic rings. The Bertz CT molecular complexity index is 529. The zero-order valence-corrected chi connectivity index (χ0v) is 12.1. The number of piperidine rings is 1. The number of aliphatic carboxylic acids is 1. The number of nitrogens with one attached hydrogen (secondary N) is 1. The van der Waals surface area contributed by atoms with Crippen LogP contribution < -0.4 is 10.2 Å². The van der Waals surface area contributed by atoms with E-state index < -0.39 is 11.9 Å². The summed E-state index contributed by atoms with van der Waals surface area (Å²) in [5.41, 5.74) is 1.81. The number of carboxylic acid groups (broad SMARTS) is 1. The van der Waals surface area contributed by atoms with Crippen LogP contribution in [0.25, 0.3) is 0 Å². The molecule has 0 bridgehead atoms. The number of hydrogen-bond acceptors (Lipinski definition) is 3. The van der Waals surface area contributed by atoms with Crippen molar-refractivity contribution >= 4 is 23.3 Å². The number of carbonyl (C=O) groups is 2. The van der Waals surface area contributed by atoms with Crippen molar-refractivity contribution in [2.45, 2.75) is 19.8 Å². The summed E-state index contributed by atoms with van der Waals surface area (Å²) in [6.45, 7) is 4.41. The number of carbonyl (C=O) groups excluding carboxylic acids is 1. The van der Waals surface area contributed by atoms with Gasteiger partial charge in [-0.15, -0.1) is 0 Å². The minimum absolute atomic E-state index is 0.447. The van der Waals surface area contributed by atoms with E-state index in [1.54, 1.807) is 0 Å². The Hall–Kier alpha value is -2.30. The van der Waals surface area contributed by atoms with E-state index in [0.29, 0.717) is 5.69 Å². The molecule has 1 aromatic carbocycles. The van der Waals surface area contributed by atoms with Crippen LogP contribution in [0.4, 0.5) is 11.4 Å². The number of carboxylic acids is 1. The maximum absolute atomic E-state index is 11.5. The van der Waals surface area contributed by atoms with Crippen LogP contribution in [-0.4, -0.2) is 30.1 Å². The molecule has 1 saturated heterocycles. The van der Waals surface area contributed by atoms with E-state index in [1.807, 2.05) is 24.3 Å². The summed E-state index contributed by atoms with van der Waals surface area (Å²) >= 11 is 0. The normalized spacial score (nSPS) is 16.1. The Morgan fingerprint density at radius 2 is 1.81 bits per heavy atom. The minimum atomic E-state index is -1.14. The Morgan fingerprint density at radius 1 is 1.19 bits per heavy atom. The number of nitrogens with zero attached hydrogens (tertiary/aromatic N) is 1. The monoisotopic (exact) mass is 288 g/mol. The molecule has 112 valence electrons. The van der Waals surface area contributed by atoms with Gasteiger partial charge in [-0.25, -0.2) is 4.79 Å². The van der Waals surface area contributed by atoms with E-state index in [2.05, 4.69) is 17.1 Å². The predicted octanol–water partition coefficient (Wildman–Crippen LogP) is 2.50. The second-order valence-corrected chi connectivity index (χ2v) is 5.38. The number of amides is 1. The lowest BCUT2D eigenvalue weighted by atomic mass is 9.99. The summed E-state index contributed by atoms with van der Waals surface area (Å²) in [6.07, 6.45) is 4.23. The van der Waals surface area contributed by atoms with Gasteiger partial charge in [-0.1, -0.05) is 6.92 Å². The topological polar surface area (TPSA) is 69.6 Å². The summed E-state index contributed by atoms with van der Waals surface area (Å²) in [4.78, 5) is 24.1. The molecule has 0 atom stereocenters. The highest BCUT2D eigenvalue weighted by Gasteiger charge is 2.15. The number of rotatable bonds is 4. The zero-order chi connectivity index (χ0) is 15.2. The first-order valence-corrected chi connectivity index (χ1v) is 7.11. The van der Waals surface area contributed by atoms with Crippen LogP contribution >= 0.6 is 0 Å². The molecule has 2 N–H and O–H groups in total. The van der Waals surface area contributed by atoms with Crippen molar-refractivity contribution < 1.29 is 14.7 Å². The molecule has 21 heavy (non-hydrogen) atoms. The fourth-order valence-electron chi connectivity index (χ4n) is 2.35. The van der Waals surface area contributed by atoms with E-state index in [1.165, 1.54) is 12.8 Å². The summed E-state index contributed by atoms with van der Waals surface area (Å²) in [7, 11) is 0. The van der Waals surface area contributed by atoms with Crippen LogP contribution in [0.2, 0.25) is 0 Å². The van der Waals surface area contributed by atoms with Gasteiger partial charge in [-0.2, -0.15) is 0 Å². The first-order valence-electron chi connectivity index (χ1n) is 7.11. The average Bonchev–Trinajstić information content (AvgIpc) is 2.47. The first kappa shape index (κ1) is 15.1. The molecule has 1 heterocycles. The molecule has 2 rings (SSSR count). The van der Waals surface area contributed by atoms with Crippen molar-refractivity contribution in [3.63, 3.8) is 0 Å². The Balaban J connectivity index is 1.93. The van der Waals surface area contributed by atoms with Crippen molar-refractivity contribution in [2.24, 2.45) is 5.92 Å². The quantitative estimate of drug-likeness (QED) is 0.835. The van der Waals surface area contributed by atoms with Crippen molar-refractivity contribution in [3.8, 4) is 0 Å². The van der Waals surface area contributed by atoms with Gasteiger partial charge in [0.1, 0.15) is 0 Å². The van der Waals surface area contributed by atoms with Gasteiger partial charge in [0.2, 0.25) is 5.91 Å².